The van der Waals surface area contributed by atoms with Gasteiger partial charge in [-0.15, -0.1) is 0 Å². The van der Waals surface area contributed by atoms with E-state index in [0.717, 1.165) is 22.7 Å². The maximum absolute atomic E-state index is 2.44. The summed E-state index contributed by atoms with van der Waals surface area (Å²) < 4.78 is 0. The van der Waals surface area contributed by atoms with E-state index in [4.69, 9.17) is 0 Å². The highest BCUT2D eigenvalue weighted by Crippen LogP contribution is 2.61. The minimum Gasteiger partial charge on any atom is -0.310 e. The Morgan fingerprint density at radius 3 is 1.13 bits per heavy atom. The van der Waals surface area contributed by atoms with E-state index in [1.54, 1.807) is 0 Å². The molecular formula is C58H48N2. The fourth-order valence-electron chi connectivity index (χ4n) is 10.8. The number of fused-ring (bicyclic) bond motifs is 11. The Balaban J connectivity index is 1.06. The molecule has 0 radical (unpaired) electrons. The molecule has 290 valence electrons. The second kappa shape index (κ2) is 13.3. The van der Waals surface area contributed by atoms with E-state index in [1.807, 2.05) is 0 Å². The van der Waals surface area contributed by atoms with Gasteiger partial charge in [0.05, 0.1) is 0 Å². The third-order valence-corrected chi connectivity index (χ3v) is 13.6. The SMILES string of the molecule is Cc1ccccc1N(c1ccccc1)c1ccc2c3c(ccc2c1)-c1c(ccc2c1-c1ccc4cc(N(c5ccccc5)c5ccccc5C)ccc4c1C2(C)C)C3(C)C. The topological polar surface area (TPSA) is 6.48 Å². The minimum atomic E-state index is -0.176. The summed E-state index contributed by atoms with van der Waals surface area (Å²) >= 11 is 0. The first-order valence-corrected chi connectivity index (χ1v) is 21.3. The van der Waals surface area contributed by atoms with Crippen molar-refractivity contribution in [2.75, 3.05) is 9.80 Å². The first-order valence-electron chi connectivity index (χ1n) is 21.3. The van der Waals surface area contributed by atoms with Gasteiger partial charge in [-0.3, -0.25) is 0 Å². The molecule has 0 aliphatic heterocycles. The molecule has 0 atom stereocenters. The van der Waals surface area contributed by atoms with Gasteiger partial charge in [0.25, 0.3) is 0 Å². The molecule has 0 saturated heterocycles. The number of benzene rings is 9. The lowest BCUT2D eigenvalue weighted by atomic mass is 9.78. The number of anilines is 6. The number of para-hydroxylation sites is 4. The largest absolute Gasteiger partial charge is 0.310 e. The first-order chi connectivity index (χ1) is 29.1. The van der Waals surface area contributed by atoms with E-state index in [0.29, 0.717) is 0 Å². The Kier molecular flexibility index (Phi) is 8.03. The van der Waals surface area contributed by atoms with Gasteiger partial charge < -0.3 is 9.80 Å². The fraction of sp³-hybridized carbons (Fsp3) is 0.138. The number of rotatable bonds is 6. The summed E-state index contributed by atoms with van der Waals surface area (Å²) in [6.07, 6.45) is 0. The molecule has 2 nitrogen and oxygen atoms in total. The Hall–Kier alpha value is -6.90. The molecule has 2 aliphatic rings. The van der Waals surface area contributed by atoms with E-state index >= 15 is 0 Å². The highest BCUT2D eigenvalue weighted by molar-refractivity contribution is 6.08. The molecule has 0 amide bonds. The molecule has 0 heterocycles. The highest BCUT2D eigenvalue weighted by atomic mass is 15.1. The summed E-state index contributed by atoms with van der Waals surface area (Å²) in [5.41, 5.74) is 20.4. The first kappa shape index (κ1) is 36.2. The molecule has 9 aromatic rings. The fourth-order valence-corrected chi connectivity index (χ4v) is 10.8. The number of hydrogen-bond donors (Lipinski definition) is 0. The van der Waals surface area contributed by atoms with Gasteiger partial charge in [0.15, 0.2) is 0 Å². The van der Waals surface area contributed by atoms with Crippen molar-refractivity contribution in [2.24, 2.45) is 0 Å². The maximum atomic E-state index is 2.44. The Bertz CT molecular complexity index is 2960. The van der Waals surface area contributed by atoms with Crippen LogP contribution in [-0.2, 0) is 10.8 Å². The monoisotopic (exact) mass is 772 g/mol. The van der Waals surface area contributed by atoms with Crippen LogP contribution in [-0.4, -0.2) is 0 Å². The number of aryl methyl sites for hydroxylation is 2. The normalized spacial score (nSPS) is 14.1. The highest BCUT2D eigenvalue weighted by Gasteiger charge is 2.45. The van der Waals surface area contributed by atoms with Crippen LogP contribution in [0.2, 0.25) is 0 Å². The van der Waals surface area contributed by atoms with Crippen LogP contribution in [0.4, 0.5) is 34.1 Å². The lowest BCUT2D eigenvalue weighted by Gasteiger charge is -2.28. The average molecular weight is 773 g/mol. The second-order valence-corrected chi connectivity index (χ2v) is 17.9. The van der Waals surface area contributed by atoms with Gasteiger partial charge in [-0.25, -0.2) is 0 Å². The predicted molar refractivity (Wildman–Crippen MR) is 255 cm³/mol. The van der Waals surface area contributed by atoms with Gasteiger partial charge in [-0.2, -0.15) is 0 Å². The summed E-state index contributed by atoms with van der Waals surface area (Å²) in [7, 11) is 0. The molecule has 0 aromatic heterocycles. The molecule has 2 aliphatic carbocycles. The van der Waals surface area contributed by atoms with Crippen LogP contribution < -0.4 is 9.80 Å². The zero-order chi connectivity index (χ0) is 40.9. The molecule has 0 N–H and O–H groups in total. The van der Waals surface area contributed by atoms with Crippen molar-refractivity contribution in [2.45, 2.75) is 52.4 Å². The average Bonchev–Trinajstić information content (AvgIpc) is 3.65. The van der Waals surface area contributed by atoms with Gasteiger partial charge in [-0.05, 0) is 152 Å². The van der Waals surface area contributed by atoms with E-state index in [1.165, 1.54) is 88.6 Å². The molecule has 0 saturated carbocycles. The van der Waals surface area contributed by atoms with Crippen molar-refractivity contribution < 1.29 is 0 Å². The van der Waals surface area contributed by atoms with Gasteiger partial charge >= 0.3 is 0 Å². The lowest BCUT2D eigenvalue weighted by molar-refractivity contribution is 0.656. The molecule has 0 bridgehead atoms. The summed E-state index contributed by atoms with van der Waals surface area (Å²) in [5.74, 6) is 0. The molecule has 0 spiro atoms. The van der Waals surface area contributed by atoms with Crippen LogP contribution in [0.3, 0.4) is 0 Å². The van der Waals surface area contributed by atoms with Gasteiger partial charge in [-0.1, -0.05) is 149 Å². The standard InChI is InChI=1S/C58H48N2/c1-37-17-13-15-23-51(37)59(41-19-9-7-10-20-41)43-27-31-45-39(35-43)25-29-47-53-49(57(3,4)55(45)47)33-34-50-54(53)48-30-26-40-36-44(28-32-46(40)56(48)58(50,5)6)60(42-21-11-8-12-22-42)52-24-16-14-18-38(52)2/h7-36H,1-6H3. The zero-order valence-electron chi connectivity index (χ0n) is 35.2. The van der Waals surface area contributed by atoms with E-state index in [2.05, 4.69) is 233 Å². The van der Waals surface area contributed by atoms with Crippen molar-refractivity contribution in [1.29, 1.82) is 0 Å². The van der Waals surface area contributed by atoms with Crippen LogP contribution in [0.1, 0.15) is 61.1 Å². The molecule has 60 heavy (non-hydrogen) atoms. The predicted octanol–water partition coefficient (Wildman–Crippen LogP) is 16.2. The molecule has 0 fully saturated rings. The van der Waals surface area contributed by atoms with Gasteiger partial charge in [0.1, 0.15) is 0 Å². The molecule has 2 heteroatoms. The van der Waals surface area contributed by atoms with E-state index in [-0.39, 0.29) is 10.8 Å². The molecule has 11 rings (SSSR count). The van der Waals surface area contributed by atoms with Crippen molar-refractivity contribution in [3.8, 4) is 22.3 Å². The van der Waals surface area contributed by atoms with Gasteiger partial charge in [0.2, 0.25) is 0 Å². The number of nitrogens with zero attached hydrogens (tertiary/aromatic N) is 2. The van der Waals surface area contributed by atoms with Gasteiger partial charge in [0, 0.05) is 45.0 Å². The Morgan fingerprint density at radius 1 is 0.350 bits per heavy atom. The molecule has 0 unspecified atom stereocenters. The number of hydrogen-bond acceptors (Lipinski definition) is 2. The lowest BCUT2D eigenvalue weighted by Crippen LogP contribution is -2.17. The van der Waals surface area contributed by atoms with Crippen molar-refractivity contribution in [3.63, 3.8) is 0 Å². The second-order valence-electron chi connectivity index (χ2n) is 17.9. The minimum absolute atomic E-state index is 0.176. The Morgan fingerprint density at radius 2 is 0.733 bits per heavy atom. The van der Waals surface area contributed by atoms with Crippen LogP contribution in [0.15, 0.2) is 182 Å². The van der Waals surface area contributed by atoms with Crippen molar-refractivity contribution in [1.82, 2.24) is 0 Å². The quantitative estimate of drug-likeness (QED) is 0.166. The van der Waals surface area contributed by atoms with Crippen molar-refractivity contribution in [3.05, 3.63) is 215 Å². The van der Waals surface area contributed by atoms with Crippen LogP contribution in [0.5, 0.6) is 0 Å². The smallest absolute Gasteiger partial charge is 0.0490 e. The summed E-state index contributed by atoms with van der Waals surface area (Å²) in [4.78, 5) is 4.78. The van der Waals surface area contributed by atoms with E-state index < -0.39 is 0 Å². The zero-order valence-corrected chi connectivity index (χ0v) is 35.2. The molecule has 9 aromatic carbocycles. The Labute approximate surface area is 354 Å². The third kappa shape index (κ3) is 5.26. The molecular weight excluding hydrogens is 725 g/mol. The van der Waals surface area contributed by atoms with Crippen LogP contribution in [0, 0.1) is 13.8 Å². The van der Waals surface area contributed by atoms with Crippen LogP contribution >= 0.6 is 0 Å². The van der Waals surface area contributed by atoms with Crippen LogP contribution in [0.25, 0.3) is 43.8 Å². The van der Waals surface area contributed by atoms with E-state index in [9.17, 15) is 0 Å². The third-order valence-electron chi connectivity index (χ3n) is 13.6. The maximum Gasteiger partial charge on any atom is 0.0490 e. The summed E-state index contributed by atoms with van der Waals surface area (Å²) in [6.45, 7) is 14.1. The summed E-state index contributed by atoms with van der Waals surface area (Å²) in [5, 5.41) is 5.17. The summed E-state index contributed by atoms with van der Waals surface area (Å²) in [6, 6.07) is 67.4. The van der Waals surface area contributed by atoms with Crippen molar-refractivity contribution >= 4 is 55.7 Å².